The third kappa shape index (κ3) is 5.46. The zero-order valence-electron chi connectivity index (χ0n) is 14.7. The monoisotopic (exact) mass is 372 g/mol. The quantitative estimate of drug-likeness (QED) is 0.583. The lowest BCUT2D eigenvalue weighted by molar-refractivity contribution is 0.394. The molecule has 2 heterocycles. The van der Waals surface area contributed by atoms with Crippen molar-refractivity contribution in [3.63, 3.8) is 0 Å². The van der Waals surface area contributed by atoms with Crippen LogP contribution in [0.15, 0.2) is 22.5 Å². The fraction of sp³-hybridized carbons (Fsp3) is 0.688. The van der Waals surface area contributed by atoms with Crippen LogP contribution in [0, 0.1) is 0 Å². The van der Waals surface area contributed by atoms with E-state index in [0.29, 0.717) is 13.1 Å². The Morgan fingerprint density at radius 3 is 2.96 bits per heavy atom. The van der Waals surface area contributed by atoms with Crippen molar-refractivity contribution in [3.8, 4) is 0 Å². The molecule has 0 unspecified atom stereocenters. The molecule has 8 heteroatoms. The summed E-state index contributed by atoms with van der Waals surface area (Å²) >= 11 is 1.77. The Morgan fingerprint density at radius 2 is 2.33 bits per heavy atom. The highest BCUT2D eigenvalue weighted by molar-refractivity contribution is 7.88. The van der Waals surface area contributed by atoms with Gasteiger partial charge in [0, 0.05) is 37.6 Å². The molecule has 1 fully saturated rings. The summed E-state index contributed by atoms with van der Waals surface area (Å²) in [4.78, 5) is 8.16. The van der Waals surface area contributed by atoms with Crippen molar-refractivity contribution >= 4 is 27.3 Å². The third-order valence-electron chi connectivity index (χ3n) is 4.17. The number of sulfonamides is 1. The minimum Gasteiger partial charge on any atom is -0.357 e. The van der Waals surface area contributed by atoms with Crippen LogP contribution in [-0.2, 0) is 16.4 Å². The minimum atomic E-state index is -3.14. The topological polar surface area (TPSA) is 65.0 Å². The van der Waals surface area contributed by atoms with Gasteiger partial charge in [0.15, 0.2) is 5.96 Å². The van der Waals surface area contributed by atoms with Crippen molar-refractivity contribution in [2.24, 2.45) is 4.99 Å². The molecule has 2 rings (SSSR count). The van der Waals surface area contributed by atoms with Crippen molar-refractivity contribution in [1.29, 1.82) is 0 Å². The largest absolute Gasteiger partial charge is 0.357 e. The molecule has 1 atom stereocenters. The van der Waals surface area contributed by atoms with E-state index in [1.54, 1.807) is 15.6 Å². The van der Waals surface area contributed by atoms with Crippen LogP contribution in [0.1, 0.15) is 24.6 Å². The van der Waals surface area contributed by atoms with Crippen LogP contribution in [0.4, 0.5) is 0 Å². The summed E-state index contributed by atoms with van der Waals surface area (Å²) in [7, 11) is -1.11. The van der Waals surface area contributed by atoms with Crippen molar-refractivity contribution in [1.82, 2.24) is 14.5 Å². The molecule has 0 aliphatic carbocycles. The molecule has 24 heavy (non-hydrogen) atoms. The molecule has 1 aliphatic rings. The van der Waals surface area contributed by atoms with Gasteiger partial charge in [0.25, 0.3) is 0 Å². The van der Waals surface area contributed by atoms with Crippen LogP contribution < -0.4 is 5.32 Å². The smallest absolute Gasteiger partial charge is 0.211 e. The van der Waals surface area contributed by atoms with Crippen LogP contribution >= 0.6 is 11.3 Å². The molecular weight excluding hydrogens is 344 g/mol. The van der Waals surface area contributed by atoms with E-state index in [2.05, 4.69) is 32.7 Å². The lowest BCUT2D eigenvalue weighted by atomic mass is 10.2. The summed E-state index contributed by atoms with van der Waals surface area (Å²) in [6.45, 7) is 4.85. The number of hydrogen-bond acceptors (Lipinski definition) is 4. The fourth-order valence-electron chi connectivity index (χ4n) is 2.93. The van der Waals surface area contributed by atoms with E-state index < -0.39 is 10.0 Å². The lowest BCUT2D eigenvalue weighted by Crippen LogP contribution is -2.42. The maximum Gasteiger partial charge on any atom is 0.211 e. The molecule has 136 valence electrons. The summed E-state index contributed by atoms with van der Waals surface area (Å²) < 4.78 is 25.3. The first kappa shape index (κ1) is 19.2. The Kier molecular flexibility index (Phi) is 7.06. The number of guanidine groups is 1. The van der Waals surface area contributed by atoms with Gasteiger partial charge in [-0.2, -0.15) is 4.31 Å². The lowest BCUT2D eigenvalue weighted by Gasteiger charge is -2.24. The molecule has 0 aromatic carbocycles. The van der Waals surface area contributed by atoms with E-state index in [0.717, 1.165) is 38.3 Å². The van der Waals surface area contributed by atoms with Crippen molar-refractivity contribution in [2.45, 2.75) is 32.2 Å². The molecule has 1 aliphatic heterocycles. The molecule has 1 N–H and O–H groups in total. The predicted octanol–water partition coefficient (Wildman–Crippen LogP) is 1.61. The number of nitrogens with one attached hydrogen (secondary N) is 1. The van der Waals surface area contributed by atoms with E-state index in [-0.39, 0.29) is 6.04 Å². The van der Waals surface area contributed by atoms with Gasteiger partial charge >= 0.3 is 0 Å². The van der Waals surface area contributed by atoms with Gasteiger partial charge in [0.2, 0.25) is 10.0 Å². The molecule has 0 radical (unpaired) electrons. The van der Waals surface area contributed by atoms with Crippen molar-refractivity contribution < 1.29 is 8.42 Å². The average Bonchev–Trinajstić information content (AvgIpc) is 3.19. The number of nitrogens with zero attached hydrogens (tertiary/aromatic N) is 3. The molecule has 1 aromatic heterocycles. The highest BCUT2D eigenvalue weighted by atomic mass is 32.2. The zero-order chi connectivity index (χ0) is 17.6. The molecule has 0 bridgehead atoms. The molecular formula is C16H28N4O2S2. The summed E-state index contributed by atoms with van der Waals surface area (Å²) in [5.74, 6) is 0.842. The van der Waals surface area contributed by atoms with Gasteiger partial charge in [0.1, 0.15) is 0 Å². The van der Waals surface area contributed by atoms with E-state index in [1.165, 1.54) is 11.1 Å². The highest BCUT2D eigenvalue weighted by Gasteiger charge is 2.31. The summed E-state index contributed by atoms with van der Waals surface area (Å²) in [6, 6.07) is 4.20. The van der Waals surface area contributed by atoms with E-state index in [1.807, 2.05) is 14.0 Å². The number of hydrogen-bond donors (Lipinski definition) is 1. The number of aliphatic imine (C=N–C) groups is 1. The van der Waals surface area contributed by atoms with Crippen molar-refractivity contribution in [3.05, 3.63) is 22.4 Å². The first-order valence-corrected chi connectivity index (χ1v) is 11.1. The van der Waals surface area contributed by atoms with Gasteiger partial charge in [0.05, 0.1) is 12.8 Å². The SMILES string of the molecule is CCNC(=NC[C@H]1CCCN1S(C)(=O)=O)N(C)CCc1cccs1. The van der Waals surface area contributed by atoms with Gasteiger partial charge in [-0.15, -0.1) is 11.3 Å². The first-order chi connectivity index (χ1) is 11.4. The molecule has 6 nitrogen and oxygen atoms in total. The molecule has 1 saturated heterocycles. The van der Waals surface area contributed by atoms with Crippen LogP contribution in [0.2, 0.25) is 0 Å². The average molecular weight is 373 g/mol. The summed E-state index contributed by atoms with van der Waals surface area (Å²) in [5, 5.41) is 5.39. The standard InChI is InChI=1S/C16H28N4O2S2/c1-4-17-16(19(2)11-9-15-8-6-12-23-15)18-13-14-7-5-10-20(14)24(3,21)22/h6,8,12,14H,4-5,7,9-11,13H2,1-3H3,(H,17,18)/t14-/m1/s1. The Hall–Kier alpha value is -1.12. The van der Waals surface area contributed by atoms with E-state index in [9.17, 15) is 8.42 Å². The molecule has 0 spiro atoms. The molecule has 0 saturated carbocycles. The predicted molar refractivity (Wildman–Crippen MR) is 101 cm³/mol. The molecule has 0 amide bonds. The van der Waals surface area contributed by atoms with Gasteiger partial charge in [-0.3, -0.25) is 4.99 Å². The van der Waals surface area contributed by atoms with Crippen LogP contribution in [-0.4, -0.2) is 69.1 Å². The normalized spacial score (nSPS) is 19.6. The Bertz CT molecular complexity index is 629. The van der Waals surface area contributed by atoms with Gasteiger partial charge < -0.3 is 10.2 Å². The van der Waals surface area contributed by atoms with Crippen LogP contribution in [0.25, 0.3) is 0 Å². The van der Waals surface area contributed by atoms with Gasteiger partial charge in [-0.1, -0.05) is 6.07 Å². The Morgan fingerprint density at radius 1 is 1.54 bits per heavy atom. The Balaban J connectivity index is 1.96. The maximum atomic E-state index is 11.8. The molecule has 1 aromatic rings. The highest BCUT2D eigenvalue weighted by Crippen LogP contribution is 2.20. The van der Waals surface area contributed by atoms with E-state index in [4.69, 9.17) is 0 Å². The van der Waals surface area contributed by atoms with Crippen LogP contribution in [0.3, 0.4) is 0 Å². The second kappa shape index (κ2) is 8.82. The Labute approximate surface area is 149 Å². The van der Waals surface area contributed by atoms with Gasteiger partial charge in [-0.25, -0.2) is 8.42 Å². The number of likely N-dealkylation sites (N-methyl/N-ethyl adjacent to an activating group) is 1. The van der Waals surface area contributed by atoms with Crippen molar-refractivity contribution in [2.75, 3.05) is 39.5 Å². The third-order valence-corrected chi connectivity index (χ3v) is 6.44. The number of rotatable bonds is 7. The summed E-state index contributed by atoms with van der Waals surface area (Å²) in [5.41, 5.74) is 0. The minimum absolute atomic E-state index is 0.0145. The van der Waals surface area contributed by atoms with E-state index >= 15 is 0 Å². The second-order valence-electron chi connectivity index (χ2n) is 6.12. The second-order valence-corrected chi connectivity index (χ2v) is 9.08. The maximum absolute atomic E-state index is 11.8. The van der Waals surface area contributed by atoms with Crippen LogP contribution in [0.5, 0.6) is 0 Å². The number of thiophene rings is 1. The fourth-order valence-corrected chi connectivity index (χ4v) is 4.80. The summed E-state index contributed by atoms with van der Waals surface area (Å²) in [6.07, 6.45) is 4.07. The zero-order valence-corrected chi connectivity index (χ0v) is 16.4. The van der Waals surface area contributed by atoms with Gasteiger partial charge in [-0.05, 0) is 37.6 Å². The first-order valence-electron chi connectivity index (χ1n) is 8.40.